The molecule has 1 amide bonds. The summed E-state index contributed by atoms with van der Waals surface area (Å²) in [6, 6.07) is 15.6. The van der Waals surface area contributed by atoms with E-state index in [9.17, 15) is 4.79 Å². The molecule has 1 aromatic heterocycles. The van der Waals surface area contributed by atoms with Gasteiger partial charge in [0.05, 0.1) is 15.2 Å². The number of rotatable bonds is 3. The first-order chi connectivity index (χ1) is 12.6. The first-order valence-corrected chi connectivity index (χ1v) is 9.90. The van der Waals surface area contributed by atoms with Gasteiger partial charge in [0.25, 0.3) is 0 Å². The number of nitrogens with two attached hydrogens (primary N) is 1. The lowest BCUT2D eigenvalue weighted by Crippen LogP contribution is -2.42. The molecule has 2 N–H and O–H groups in total. The van der Waals surface area contributed by atoms with E-state index >= 15 is 0 Å². The number of amides is 1. The number of carbonyl (C=O) groups excluding carboxylic acids is 1. The van der Waals surface area contributed by atoms with Crippen LogP contribution in [0.25, 0.3) is 10.2 Å². The largest absolute Gasteiger partial charge is 0.341 e. The van der Waals surface area contributed by atoms with Gasteiger partial charge in [0, 0.05) is 19.0 Å². The summed E-state index contributed by atoms with van der Waals surface area (Å²) in [5.74, 6) is 0.462. The number of hydrogen-bond acceptors (Lipinski definition) is 4. The summed E-state index contributed by atoms with van der Waals surface area (Å²) >= 11 is 1.78. The molecule has 1 fully saturated rings. The Kier molecular flexibility index (Phi) is 4.74. The quantitative estimate of drug-likeness (QED) is 0.763. The van der Waals surface area contributed by atoms with Gasteiger partial charge >= 0.3 is 0 Å². The van der Waals surface area contributed by atoms with Crippen LogP contribution in [0.4, 0.5) is 0 Å². The van der Waals surface area contributed by atoms with Gasteiger partial charge in [-0.1, -0.05) is 42.0 Å². The van der Waals surface area contributed by atoms with Crippen LogP contribution in [0.2, 0.25) is 0 Å². The zero-order valence-corrected chi connectivity index (χ0v) is 15.7. The molecule has 0 bridgehead atoms. The van der Waals surface area contributed by atoms with Gasteiger partial charge in [0.15, 0.2) is 0 Å². The van der Waals surface area contributed by atoms with Crippen molar-refractivity contribution < 1.29 is 4.79 Å². The number of aromatic nitrogens is 1. The van der Waals surface area contributed by atoms with Crippen molar-refractivity contribution in [2.45, 2.75) is 31.7 Å². The monoisotopic (exact) mass is 365 g/mol. The molecule has 2 heterocycles. The Morgan fingerprint density at radius 1 is 1.15 bits per heavy atom. The summed E-state index contributed by atoms with van der Waals surface area (Å²) in [6.07, 6.45) is 1.90. The lowest BCUT2D eigenvalue weighted by atomic mass is 9.96. The highest BCUT2D eigenvalue weighted by atomic mass is 32.1. The lowest BCUT2D eigenvalue weighted by Gasteiger charge is -2.32. The fourth-order valence-corrected chi connectivity index (χ4v) is 4.66. The fourth-order valence-electron chi connectivity index (χ4n) is 3.52. The first kappa shape index (κ1) is 17.2. The van der Waals surface area contributed by atoms with Crippen molar-refractivity contribution in [3.05, 3.63) is 64.7 Å². The highest BCUT2D eigenvalue weighted by molar-refractivity contribution is 7.18. The van der Waals surface area contributed by atoms with E-state index in [2.05, 4.69) is 18.2 Å². The maximum Gasteiger partial charge on any atom is 0.244 e. The molecule has 1 aliphatic rings. The molecule has 0 saturated carbocycles. The SMILES string of the molecule is Cc1ccc(C(N)C(=O)N2CCC(c3nc4ccccc4s3)CC2)cc1. The Morgan fingerprint density at radius 2 is 1.85 bits per heavy atom. The second-order valence-corrected chi connectivity index (χ2v) is 8.07. The molecule has 1 aliphatic heterocycles. The van der Waals surface area contributed by atoms with Gasteiger partial charge in [-0.3, -0.25) is 4.79 Å². The minimum absolute atomic E-state index is 0.0246. The van der Waals surface area contributed by atoms with Gasteiger partial charge in [-0.05, 0) is 37.5 Å². The van der Waals surface area contributed by atoms with Crippen LogP contribution in [-0.2, 0) is 4.79 Å². The van der Waals surface area contributed by atoms with Gasteiger partial charge in [-0.2, -0.15) is 0 Å². The smallest absolute Gasteiger partial charge is 0.244 e. The molecule has 0 aliphatic carbocycles. The lowest BCUT2D eigenvalue weighted by molar-refractivity contribution is -0.133. The van der Waals surface area contributed by atoms with Crippen LogP contribution >= 0.6 is 11.3 Å². The minimum Gasteiger partial charge on any atom is -0.341 e. The molecule has 4 rings (SSSR count). The van der Waals surface area contributed by atoms with Crippen molar-refractivity contribution in [1.82, 2.24) is 9.88 Å². The number of thiazole rings is 1. The molecule has 3 aromatic rings. The molecule has 1 atom stereocenters. The van der Waals surface area contributed by atoms with E-state index in [4.69, 9.17) is 10.7 Å². The standard InChI is InChI=1S/C21H23N3OS/c1-14-6-8-15(9-7-14)19(22)21(25)24-12-10-16(11-13-24)20-23-17-4-2-3-5-18(17)26-20/h2-9,16,19H,10-13,22H2,1H3. The zero-order valence-electron chi connectivity index (χ0n) is 14.9. The van der Waals surface area contributed by atoms with E-state index in [0.717, 1.165) is 37.0 Å². The third-order valence-electron chi connectivity index (χ3n) is 5.17. The average Bonchev–Trinajstić information content (AvgIpc) is 3.12. The van der Waals surface area contributed by atoms with Gasteiger partial charge < -0.3 is 10.6 Å². The maximum atomic E-state index is 12.8. The molecule has 134 valence electrons. The van der Waals surface area contributed by atoms with Gasteiger partial charge in [-0.25, -0.2) is 4.98 Å². The number of piperidine rings is 1. The molecule has 5 heteroatoms. The van der Waals surface area contributed by atoms with Crippen molar-refractivity contribution in [2.75, 3.05) is 13.1 Å². The Labute approximate surface area is 157 Å². The predicted molar refractivity (Wildman–Crippen MR) is 106 cm³/mol. The summed E-state index contributed by atoms with van der Waals surface area (Å²) in [7, 11) is 0. The van der Waals surface area contributed by atoms with Crippen LogP contribution in [0.3, 0.4) is 0 Å². The number of hydrogen-bond donors (Lipinski definition) is 1. The normalized spacial score (nSPS) is 16.8. The van der Waals surface area contributed by atoms with Crippen LogP contribution < -0.4 is 5.73 Å². The summed E-state index contributed by atoms with van der Waals surface area (Å²) < 4.78 is 1.24. The van der Waals surface area contributed by atoms with E-state index < -0.39 is 6.04 Å². The van der Waals surface area contributed by atoms with Crippen molar-refractivity contribution in [3.63, 3.8) is 0 Å². The van der Waals surface area contributed by atoms with Crippen molar-refractivity contribution >= 4 is 27.5 Å². The van der Waals surface area contributed by atoms with E-state index in [1.54, 1.807) is 11.3 Å². The zero-order chi connectivity index (χ0) is 18.1. The van der Waals surface area contributed by atoms with E-state index in [-0.39, 0.29) is 5.91 Å². The van der Waals surface area contributed by atoms with Crippen molar-refractivity contribution in [2.24, 2.45) is 5.73 Å². The maximum absolute atomic E-state index is 12.8. The highest BCUT2D eigenvalue weighted by Gasteiger charge is 2.29. The third kappa shape index (κ3) is 3.37. The van der Waals surface area contributed by atoms with E-state index in [0.29, 0.717) is 5.92 Å². The number of carbonyl (C=O) groups is 1. The minimum atomic E-state index is -0.574. The molecule has 1 saturated heterocycles. The Bertz CT molecular complexity index is 877. The first-order valence-electron chi connectivity index (χ1n) is 9.08. The molecular formula is C21H23N3OS. The second-order valence-electron chi connectivity index (χ2n) is 7.01. The van der Waals surface area contributed by atoms with Crippen LogP contribution in [0.5, 0.6) is 0 Å². The number of nitrogens with zero attached hydrogens (tertiary/aromatic N) is 2. The average molecular weight is 366 g/mol. The Hall–Kier alpha value is -2.24. The van der Waals surface area contributed by atoms with Crippen molar-refractivity contribution in [1.29, 1.82) is 0 Å². The third-order valence-corrected chi connectivity index (χ3v) is 6.37. The molecule has 1 unspecified atom stereocenters. The Morgan fingerprint density at radius 3 is 2.54 bits per heavy atom. The number of benzene rings is 2. The van der Waals surface area contributed by atoms with Crippen LogP contribution in [0.15, 0.2) is 48.5 Å². The van der Waals surface area contributed by atoms with E-state index in [1.807, 2.05) is 42.2 Å². The number of para-hydroxylation sites is 1. The molecular weight excluding hydrogens is 342 g/mol. The number of likely N-dealkylation sites (tertiary alicyclic amines) is 1. The number of fused-ring (bicyclic) bond motifs is 1. The van der Waals surface area contributed by atoms with Gasteiger partial charge in [0.2, 0.25) is 5.91 Å². The Balaban J connectivity index is 1.41. The molecule has 4 nitrogen and oxygen atoms in total. The van der Waals surface area contributed by atoms with Gasteiger partial charge in [0.1, 0.15) is 6.04 Å². The van der Waals surface area contributed by atoms with Crippen LogP contribution in [0, 0.1) is 6.92 Å². The summed E-state index contributed by atoms with van der Waals surface area (Å²) in [4.78, 5) is 19.5. The summed E-state index contributed by atoms with van der Waals surface area (Å²) in [6.45, 7) is 3.53. The van der Waals surface area contributed by atoms with Gasteiger partial charge in [-0.15, -0.1) is 11.3 Å². The van der Waals surface area contributed by atoms with E-state index in [1.165, 1.54) is 15.3 Å². The highest BCUT2D eigenvalue weighted by Crippen LogP contribution is 2.34. The molecule has 0 radical (unpaired) electrons. The van der Waals surface area contributed by atoms with Crippen LogP contribution in [-0.4, -0.2) is 28.9 Å². The summed E-state index contributed by atoms with van der Waals surface area (Å²) in [5.41, 5.74) is 9.35. The number of aryl methyl sites for hydroxylation is 1. The molecule has 26 heavy (non-hydrogen) atoms. The molecule has 0 spiro atoms. The van der Waals surface area contributed by atoms with Crippen LogP contribution in [0.1, 0.15) is 40.9 Å². The topological polar surface area (TPSA) is 59.2 Å². The fraction of sp³-hybridized carbons (Fsp3) is 0.333. The second kappa shape index (κ2) is 7.17. The van der Waals surface area contributed by atoms with Crippen molar-refractivity contribution in [3.8, 4) is 0 Å². The summed E-state index contributed by atoms with van der Waals surface area (Å²) in [5, 5.41) is 1.20. The molecule has 2 aromatic carbocycles. The predicted octanol–water partition coefficient (Wildman–Crippen LogP) is 4.01.